The van der Waals surface area contributed by atoms with Gasteiger partial charge in [0.25, 0.3) is 0 Å². The van der Waals surface area contributed by atoms with Gasteiger partial charge in [-0.25, -0.2) is 0 Å². The summed E-state index contributed by atoms with van der Waals surface area (Å²) in [6.45, 7) is 0. The maximum Gasteiger partial charge on any atom is 0.392 e. The minimum atomic E-state index is -4.29. The van der Waals surface area contributed by atoms with E-state index in [9.17, 15) is 18.0 Å². The third kappa shape index (κ3) is 1.69. The van der Waals surface area contributed by atoms with E-state index in [1.54, 1.807) is 0 Å². The number of carboxylic acids is 1. The van der Waals surface area contributed by atoms with Gasteiger partial charge in [0.05, 0.1) is 5.92 Å². The Morgan fingerprint density at radius 3 is 2.33 bits per heavy atom. The highest BCUT2D eigenvalue weighted by molar-refractivity contribution is 5.74. The molecule has 3 N–H and O–H groups in total. The van der Waals surface area contributed by atoms with Crippen LogP contribution in [0.4, 0.5) is 13.2 Å². The lowest BCUT2D eigenvalue weighted by atomic mass is 10.1. The summed E-state index contributed by atoms with van der Waals surface area (Å²) >= 11 is 0. The van der Waals surface area contributed by atoms with Crippen LogP contribution in [-0.2, 0) is 4.79 Å². The minimum absolute atomic E-state index is 0.156. The van der Waals surface area contributed by atoms with Crippen molar-refractivity contribution in [2.75, 3.05) is 0 Å². The van der Waals surface area contributed by atoms with Crippen LogP contribution in [0.25, 0.3) is 0 Å². The summed E-state index contributed by atoms with van der Waals surface area (Å²) in [4.78, 5) is 10.2. The van der Waals surface area contributed by atoms with Crippen molar-refractivity contribution >= 4 is 5.97 Å². The van der Waals surface area contributed by atoms with Gasteiger partial charge in [-0.3, -0.25) is 4.79 Å². The maximum absolute atomic E-state index is 11.9. The molecule has 12 heavy (non-hydrogen) atoms. The van der Waals surface area contributed by atoms with Crippen LogP contribution in [0.2, 0.25) is 0 Å². The number of aliphatic carboxylic acids is 1. The number of nitrogens with two attached hydrogens (primary N) is 1. The summed E-state index contributed by atoms with van der Waals surface area (Å²) in [5.41, 5.74) is 5.01. The largest absolute Gasteiger partial charge is 0.480 e. The monoisotopic (exact) mass is 183 g/mol. The number of hydrogen-bond donors (Lipinski definition) is 2. The van der Waals surface area contributed by atoms with E-state index in [0.29, 0.717) is 0 Å². The van der Waals surface area contributed by atoms with Crippen LogP contribution in [0, 0.1) is 11.8 Å². The Morgan fingerprint density at radius 1 is 1.58 bits per heavy atom. The van der Waals surface area contributed by atoms with Crippen LogP contribution < -0.4 is 5.73 Å². The molecule has 0 bridgehead atoms. The molecule has 6 heteroatoms. The van der Waals surface area contributed by atoms with Crippen LogP contribution in [0.1, 0.15) is 6.42 Å². The standard InChI is InChI=1S/C6H8F3NO2/c7-6(8,9)3-1-2(3)4(10)5(11)12/h2-4H,1,10H2,(H,11,12)/t2-,3+,4-/m0/s1. The first-order valence-electron chi connectivity index (χ1n) is 3.39. The van der Waals surface area contributed by atoms with Crippen molar-refractivity contribution in [1.29, 1.82) is 0 Å². The van der Waals surface area contributed by atoms with Crippen molar-refractivity contribution in [3.8, 4) is 0 Å². The van der Waals surface area contributed by atoms with Gasteiger partial charge in [0.1, 0.15) is 6.04 Å². The van der Waals surface area contributed by atoms with Crippen molar-refractivity contribution in [2.24, 2.45) is 17.6 Å². The molecule has 0 heterocycles. The van der Waals surface area contributed by atoms with Crippen LogP contribution in [-0.4, -0.2) is 23.3 Å². The smallest absolute Gasteiger partial charge is 0.392 e. The van der Waals surface area contributed by atoms with E-state index >= 15 is 0 Å². The number of carboxylic acid groups (broad SMARTS) is 1. The zero-order valence-electron chi connectivity index (χ0n) is 6.01. The second-order valence-corrected chi connectivity index (χ2v) is 2.91. The molecule has 0 spiro atoms. The van der Waals surface area contributed by atoms with E-state index in [-0.39, 0.29) is 6.42 Å². The summed E-state index contributed by atoms with van der Waals surface area (Å²) < 4.78 is 35.6. The number of carbonyl (C=O) groups is 1. The Bertz CT molecular complexity index is 203. The zero-order chi connectivity index (χ0) is 9.52. The summed E-state index contributed by atoms with van der Waals surface area (Å²) in [6, 6.07) is -1.38. The average Bonchev–Trinajstić information content (AvgIpc) is 2.61. The van der Waals surface area contributed by atoms with Crippen molar-refractivity contribution in [1.82, 2.24) is 0 Å². The Labute approximate surface area is 66.4 Å². The maximum atomic E-state index is 11.9. The normalized spacial score (nSPS) is 31.3. The fourth-order valence-electron chi connectivity index (χ4n) is 1.17. The van der Waals surface area contributed by atoms with E-state index in [2.05, 4.69) is 0 Å². The first-order chi connectivity index (χ1) is 5.34. The van der Waals surface area contributed by atoms with Gasteiger partial charge in [-0.15, -0.1) is 0 Å². The minimum Gasteiger partial charge on any atom is -0.480 e. The Morgan fingerprint density at radius 2 is 2.08 bits per heavy atom. The lowest BCUT2D eigenvalue weighted by Gasteiger charge is -2.07. The van der Waals surface area contributed by atoms with Crippen LogP contribution in [0.5, 0.6) is 0 Å². The molecule has 0 radical (unpaired) electrons. The number of alkyl halides is 3. The molecule has 1 rings (SSSR count). The third-order valence-electron chi connectivity index (χ3n) is 2.01. The van der Waals surface area contributed by atoms with Crippen molar-refractivity contribution < 1.29 is 23.1 Å². The molecule has 1 aliphatic rings. The van der Waals surface area contributed by atoms with E-state index in [1.165, 1.54) is 0 Å². The number of hydrogen-bond acceptors (Lipinski definition) is 2. The molecule has 0 saturated heterocycles. The summed E-state index contributed by atoms with van der Waals surface area (Å²) in [7, 11) is 0. The molecule has 3 atom stereocenters. The van der Waals surface area contributed by atoms with Gasteiger partial charge in [0, 0.05) is 0 Å². The van der Waals surface area contributed by atoms with Gasteiger partial charge in [-0.2, -0.15) is 13.2 Å². The van der Waals surface area contributed by atoms with Gasteiger partial charge in [0.2, 0.25) is 0 Å². The predicted octanol–water partition coefficient (Wildman–Crippen LogP) is 0.597. The average molecular weight is 183 g/mol. The fraction of sp³-hybridized carbons (Fsp3) is 0.833. The van der Waals surface area contributed by atoms with Crippen molar-refractivity contribution in [3.63, 3.8) is 0 Å². The van der Waals surface area contributed by atoms with E-state index in [1.807, 2.05) is 0 Å². The molecule has 0 aromatic heterocycles. The van der Waals surface area contributed by atoms with Gasteiger partial charge in [-0.1, -0.05) is 0 Å². The van der Waals surface area contributed by atoms with Gasteiger partial charge < -0.3 is 10.8 Å². The molecule has 1 fully saturated rings. The highest BCUT2D eigenvalue weighted by Crippen LogP contribution is 2.51. The van der Waals surface area contributed by atoms with Crippen LogP contribution in [0.3, 0.4) is 0 Å². The van der Waals surface area contributed by atoms with Crippen LogP contribution >= 0.6 is 0 Å². The second-order valence-electron chi connectivity index (χ2n) is 2.91. The van der Waals surface area contributed by atoms with E-state index in [0.717, 1.165) is 0 Å². The second kappa shape index (κ2) is 2.62. The van der Waals surface area contributed by atoms with E-state index in [4.69, 9.17) is 10.8 Å². The molecule has 70 valence electrons. The summed E-state index contributed by atoms with van der Waals surface area (Å²) in [6.07, 6.45) is -4.45. The fourth-order valence-corrected chi connectivity index (χ4v) is 1.17. The molecule has 0 amide bonds. The Hall–Kier alpha value is -0.780. The SMILES string of the molecule is N[C@H](C(=O)O)[C@H]1C[C@H]1C(F)(F)F. The topological polar surface area (TPSA) is 63.3 Å². The Balaban J connectivity index is 2.48. The molecule has 1 saturated carbocycles. The lowest BCUT2D eigenvalue weighted by molar-refractivity contribution is -0.153. The number of halogens is 3. The van der Waals surface area contributed by atoms with Gasteiger partial charge >= 0.3 is 12.1 Å². The zero-order valence-corrected chi connectivity index (χ0v) is 6.01. The van der Waals surface area contributed by atoms with Gasteiger partial charge in [0.15, 0.2) is 0 Å². The highest BCUT2D eigenvalue weighted by Gasteiger charge is 2.58. The lowest BCUT2D eigenvalue weighted by Crippen LogP contribution is -2.34. The summed E-state index contributed by atoms with van der Waals surface area (Å²) in [5.74, 6) is -3.81. The molecule has 0 unspecified atom stereocenters. The molecular formula is C6H8F3NO2. The predicted molar refractivity (Wildman–Crippen MR) is 33.3 cm³/mol. The Kier molecular flexibility index (Phi) is 2.03. The van der Waals surface area contributed by atoms with Gasteiger partial charge in [-0.05, 0) is 12.3 Å². The molecule has 0 aliphatic heterocycles. The van der Waals surface area contributed by atoms with Crippen molar-refractivity contribution in [3.05, 3.63) is 0 Å². The number of rotatable bonds is 2. The molecule has 1 aliphatic carbocycles. The summed E-state index contributed by atoms with van der Waals surface area (Å²) in [5, 5.41) is 8.28. The van der Waals surface area contributed by atoms with Crippen LogP contribution in [0.15, 0.2) is 0 Å². The highest BCUT2D eigenvalue weighted by atomic mass is 19.4. The third-order valence-corrected chi connectivity index (χ3v) is 2.01. The first kappa shape index (κ1) is 9.31. The first-order valence-corrected chi connectivity index (χ1v) is 3.39. The molecule has 0 aromatic carbocycles. The molecular weight excluding hydrogens is 175 g/mol. The van der Waals surface area contributed by atoms with E-state index < -0.39 is 30.0 Å². The van der Waals surface area contributed by atoms with Crippen molar-refractivity contribution in [2.45, 2.75) is 18.6 Å². The molecule has 0 aromatic rings. The molecule has 3 nitrogen and oxygen atoms in total. The quantitative estimate of drug-likeness (QED) is 0.658.